The van der Waals surface area contributed by atoms with E-state index in [1.54, 1.807) is 4.90 Å². The molecule has 0 atom stereocenters. The van der Waals surface area contributed by atoms with Crippen molar-refractivity contribution in [2.24, 2.45) is 0 Å². The van der Waals surface area contributed by atoms with Crippen LogP contribution in [0, 0.1) is 0 Å². The smallest absolute Gasteiger partial charge is 0.254 e. The molecule has 12 aromatic carbocycles. The highest BCUT2D eigenvalue weighted by atomic mass is 15.3. The molecule has 13 aromatic rings. The fourth-order valence-corrected chi connectivity index (χ4v) is 12.9. The number of fused-ring (bicyclic) bond motifs is 8. The van der Waals surface area contributed by atoms with Crippen LogP contribution in [0.4, 0.5) is 96.9 Å². The number of aromatic nitrogens is 1. The van der Waals surface area contributed by atoms with Crippen LogP contribution in [0.1, 0.15) is 38.5 Å². The zero-order chi connectivity index (χ0) is 78.3. The predicted molar refractivity (Wildman–Crippen MR) is 366 cm³/mol. The van der Waals surface area contributed by atoms with E-state index < -0.39 is 193 Å². The van der Waals surface area contributed by atoms with Crippen LogP contribution in [0.5, 0.6) is 0 Å². The van der Waals surface area contributed by atoms with Crippen molar-refractivity contribution >= 4 is 143 Å². The molecule has 0 saturated heterocycles. The first-order chi connectivity index (χ1) is 53.2. The van der Waals surface area contributed by atoms with Crippen LogP contribution in [-0.2, 0) is 6.54 Å². The summed E-state index contributed by atoms with van der Waals surface area (Å²) in [6, 6.07) is 34.5. The molecular formula is C78H55B2N7. The molecule has 1 aromatic heterocycles. The summed E-state index contributed by atoms with van der Waals surface area (Å²) in [5.74, 6) is 0.981. The van der Waals surface area contributed by atoms with Gasteiger partial charge in [-0.05, 0) is 153 Å². The first kappa shape index (κ1) is 31.6. The Morgan fingerprint density at radius 3 is 1.48 bits per heavy atom. The van der Waals surface area contributed by atoms with Gasteiger partial charge in [-0.15, -0.1) is 0 Å². The minimum absolute atomic E-state index is 0.00526. The van der Waals surface area contributed by atoms with Gasteiger partial charge >= 0.3 is 0 Å². The molecule has 0 N–H and O–H groups in total. The van der Waals surface area contributed by atoms with E-state index in [4.69, 9.17) is 16.0 Å². The average molecular weight is 1140 g/mol. The molecule has 0 amide bonds. The van der Waals surface area contributed by atoms with Crippen molar-refractivity contribution in [3.8, 4) is 0 Å². The highest BCUT2D eigenvalue weighted by molar-refractivity contribution is 7.03. The van der Waals surface area contributed by atoms with Crippen molar-refractivity contribution in [3.63, 3.8) is 0 Å². The zero-order valence-electron chi connectivity index (χ0n) is 69.7. The van der Waals surface area contributed by atoms with Gasteiger partial charge in [0.15, 0.2) is 0 Å². The molecule has 87 heavy (non-hydrogen) atoms. The molecule has 0 saturated carbocycles. The summed E-state index contributed by atoms with van der Waals surface area (Å²) in [6.07, 6.45) is 0. The first-order valence-electron chi connectivity index (χ1n) is 40.0. The monoisotopic (exact) mass is 1140 g/mol. The quantitative estimate of drug-likeness (QED) is 0.119. The second-order valence-corrected chi connectivity index (χ2v) is 20.9. The van der Waals surface area contributed by atoms with Gasteiger partial charge in [-0.3, -0.25) is 9.80 Å². The third kappa shape index (κ3) is 8.26. The van der Waals surface area contributed by atoms with Crippen LogP contribution in [0.25, 0.3) is 0 Å². The number of pyridine rings is 1. The van der Waals surface area contributed by atoms with Crippen molar-refractivity contribution in [3.05, 3.63) is 327 Å². The molecule has 17 rings (SSSR count). The van der Waals surface area contributed by atoms with Gasteiger partial charge in [-0.1, -0.05) is 200 Å². The van der Waals surface area contributed by atoms with Crippen LogP contribution in [0.15, 0.2) is 321 Å². The summed E-state index contributed by atoms with van der Waals surface area (Å²) < 4.78 is 226. The molecule has 4 aliphatic heterocycles. The van der Waals surface area contributed by atoms with Gasteiger partial charge in [0.05, 0.1) is 38.6 Å². The summed E-state index contributed by atoms with van der Waals surface area (Å²) in [5, 5.41) is 0. The lowest BCUT2D eigenvalue weighted by Crippen LogP contribution is -2.65. The largest absolute Gasteiger partial charge is 0.338 e. The van der Waals surface area contributed by atoms with Crippen molar-refractivity contribution in [1.29, 1.82) is 0 Å². The third-order valence-electron chi connectivity index (χ3n) is 16.3. The SMILES string of the molecule is [2H]c1c([2H])c([2H])c(CN2c3cc4c(cc3B3c5c2cc(N(c2c([2H])c([2H])c([2H])c([2H])c2[2H])c2c([2H])c([2H])c([2H])c([2H])c2[2H])cc5N(c2c([2H])c([2H])c([2H])c([2H])c2[2H])c2c([2H])c([2H])c([2H])c([2H])c23)B2c3ccccc3N(c3ccccc3)c3nc(N(c5ccccc5)c5ccccc5)cc(c32)N4c2ccccc2)c([2H])c1[2H]. The topological polar surface area (TPSA) is 32.3 Å². The Kier molecular flexibility index (Phi) is 7.55. The Labute approximate surface area is 542 Å². The minimum atomic E-state index is -1.51. The summed E-state index contributed by atoms with van der Waals surface area (Å²) >= 11 is 0. The van der Waals surface area contributed by atoms with Crippen LogP contribution >= 0.6 is 0 Å². The second-order valence-electron chi connectivity index (χ2n) is 20.9. The molecule has 9 heteroatoms. The number of benzene rings is 12. The van der Waals surface area contributed by atoms with Gasteiger partial charge < -0.3 is 19.6 Å². The van der Waals surface area contributed by atoms with Crippen LogP contribution in [0.3, 0.4) is 0 Å². The summed E-state index contributed by atoms with van der Waals surface area (Å²) in [5.41, 5.74) is 2.96. The van der Waals surface area contributed by atoms with Gasteiger partial charge in [0.2, 0.25) is 0 Å². The Hall–Kier alpha value is -11.3. The van der Waals surface area contributed by atoms with E-state index in [0.29, 0.717) is 39.6 Å². The lowest BCUT2D eigenvalue weighted by molar-refractivity contribution is 0.977. The lowest BCUT2D eigenvalue weighted by Gasteiger charge is -2.47. The molecule has 7 nitrogen and oxygen atoms in total. The second kappa shape index (κ2) is 20.8. The van der Waals surface area contributed by atoms with Crippen molar-refractivity contribution in [1.82, 2.24) is 4.98 Å². The molecule has 5 heterocycles. The van der Waals surface area contributed by atoms with Crippen LogP contribution in [0.2, 0.25) is 0 Å². The number of nitrogens with zero attached hydrogens (tertiary/aromatic N) is 7. The number of anilines is 17. The number of hydrogen-bond donors (Lipinski definition) is 0. The van der Waals surface area contributed by atoms with Crippen LogP contribution in [-0.4, -0.2) is 18.4 Å². The highest BCUT2D eigenvalue weighted by Crippen LogP contribution is 2.50. The number of rotatable bonds is 11. The van der Waals surface area contributed by atoms with Gasteiger partial charge in [-0.2, -0.15) is 0 Å². The zero-order valence-corrected chi connectivity index (χ0v) is 45.7. The molecule has 0 aliphatic carbocycles. The maximum atomic E-state index is 10.4. The van der Waals surface area contributed by atoms with E-state index in [1.807, 2.05) is 169 Å². The Balaban J connectivity index is 1.08. The minimum Gasteiger partial charge on any atom is -0.338 e. The Morgan fingerprint density at radius 2 is 0.828 bits per heavy atom. The van der Waals surface area contributed by atoms with Crippen molar-refractivity contribution < 1.29 is 32.9 Å². The van der Waals surface area contributed by atoms with E-state index >= 15 is 0 Å². The molecule has 0 fully saturated rings. The summed E-state index contributed by atoms with van der Waals surface area (Å²) in [7, 11) is 0. The normalized spacial score (nSPS) is 16.8. The van der Waals surface area contributed by atoms with Crippen molar-refractivity contribution in [2.45, 2.75) is 6.54 Å². The van der Waals surface area contributed by atoms with E-state index in [1.165, 1.54) is 12.1 Å². The van der Waals surface area contributed by atoms with E-state index in [9.17, 15) is 21.9 Å². The standard InChI is InChI=1S/C78H55B2N7/c1-9-29-55(30-10-1)54-82-70-52-71-67(51-66(70)79-64-45-25-27-47-68(64)85(60-39-19-6-20-40-60)73-50-63(49-72(82)76(73)79)83(56-31-11-2-12-32-56)57-33-13-3-14-34-57)80-65-46-26-28-48-69(65)87(62-43-23-8-24-44-62)78-77(80)74(86(71)61-41-21-7-22-42-61)53-75(81-78)84(58-35-15-4-16-36-58)59-37-17-5-18-38-59/h1-53H,54H2/i1D,2D,3D,6D,9D,10D,11D,12D,13D,14D,19D,20D,25D,27D,29D,30D,31D,32D,33D,34D,39D,40D,45D,47D. The van der Waals surface area contributed by atoms with Crippen LogP contribution < -0.4 is 62.2 Å². The average Bonchev–Trinajstić information content (AvgIpc) is 0.678. The summed E-state index contributed by atoms with van der Waals surface area (Å²) in [6.45, 7) is -3.02. The fraction of sp³-hybridized carbons (Fsp3) is 0.0128. The lowest BCUT2D eigenvalue weighted by atomic mass is 9.30. The fourth-order valence-electron chi connectivity index (χ4n) is 12.9. The van der Waals surface area contributed by atoms with E-state index in [0.717, 1.165) is 38.0 Å². The van der Waals surface area contributed by atoms with E-state index in [2.05, 4.69) is 9.80 Å². The Morgan fingerprint density at radius 1 is 0.322 bits per heavy atom. The maximum absolute atomic E-state index is 10.4. The molecule has 0 radical (unpaired) electrons. The first-order valence-corrected chi connectivity index (χ1v) is 28.0. The number of para-hydroxylation sites is 9. The molecule has 408 valence electrons. The van der Waals surface area contributed by atoms with Gasteiger partial charge in [0, 0.05) is 92.2 Å². The number of hydrogen-bond acceptors (Lipinski definition) is 7. The molecule has 0 unspecified atom stereocenters. The van der Waals surface area contributed by atoms with E-state index in [-0.39, 0.29) is 39.0 Å². The Bertz CT molecular complexity index is 5990. The van der Waals surface area contributed by atoms with Gasteiger partial charge in [0.25, 0.3) is 13.4 Å². The summed E-state index contributed by atoms with van der Waals surface area (Å²) in [4.78, 5) is 15.5. The molecular weight excluding hydrogens is 1060 g/mol. The molecule has 4 aliphatic rings. The maximum Gasteiger partial charge on any atom is 0.254 e. The molecule has 0 spiro atoms. The predicted octanol–water partition coefficient (Wildman–Crippen LogP) is 16.1. The molecule has 0 bridgehead atoms. The van der Waals surface area contributed by atoms with Crippen molar-refractivity contribution in [2.75, 3.05) is 29.4 Å². The van der Waals surface area contributed by atoms with Gasteiger partial charge in [-0.25, -0.2) is 4.98 Å². The third-order valence-corrected chi connectivity index (χ3v) is 16.3. The highest BCUT2D eigenvalue weighted by Gasteiger charge is 2.49. The van der Waals surface area contributed by atoms with Gasteiger partial charge in [0.1, 0.15) is 11.6 Å².